The first-order valence-corrected chi connectivity index (χ1v) is 5.52. The molecule has 0 aliphatic carbocycles. The molecule has 0 aliphatic heterocycles. The van der Waals surface area contributed by atoms with E-state index in [1.54, 1.807) is 0 Å². The van der Waals surface area contributed by atoms with E-state index in [4.69, 9.17) is 0 Å². The summed E-state index contributed by atoms with van der Waals surface area (Å²) >= 11 is 0. The second-order valence-corrected chi connectivity index (χ2v) is 3.55. The molecule has 1 N–H and O–H groups in total. The first-order valence-electron chi connectivity index (χ1n) is 5.52. The number of carbonyl (C=O) groups is 1. The molecule has 0 saturated heterocycles. The highest BCUT2D eigenvalue weighted by molar-refractivity contribution is 5.68. The molecule has 0 rings (SSSR count). The van der Waals surface area contributed by atoms with Gasteiger partial charge in [-0.25, -0.2) is 0 Å². The predicted octanol–water partition coefficient (Wildman–Crippen LogP) is 2.11. The number of hydrogen-bond donors (Lipinski definition) is 1. The minimum absolute atomic E-state index is 0.0832. The molecule has 0 unspecified atom stereocenters. The molecular weight excluding hydrogens is 178 g/mol. The molecule has 0 saturated carbocycles. The Morgan fingerprint density at radius 1 is 1.07 bits per heavy atom. The van der Waals surface area contributed by atoms with Gasteiger partial charge in [-0.15, -0.1) is 0 Å². The van der Waals surface area contributed by atoms with Gasteiger partial charge < -0.3 is 10.1 Å². The van der Waals surface area contributed by atoms with E-state index in [9.17, 15) is 4.79 Å². The number of hydrogen-bond acceptors (Lipinski definition) is 3. The summed E-state index contributed by atoms with van der Waals surface area (Å²) in [7, 11) is 3.43. The molecule has 0 radical (unpaired) electrons. The number of esters is 1. The molecule has 3 heteroatoms. The highest BCUT2D eigenvalue weighted by atomic mass is 16.5. The van der Waals surface area contributed by atoms with Gasteiger partial charge in [-0.05, 0) is 26.4 Å². The van der Waals surface area contributed by atoms with E-state index in [0.29, 0.717) is 6.42 Å². The minimum Gasteiger partial charge on any atom is -0.469 e. The summed E-state index contributed by atoms with van der Waals surface area (Å²) in [6, 6.07) is 0. The fourth-order valence-electron chi connectivity index (χ4n) is 1.38. The van der Waals surface area contributed by atoms with Gasteiger partial charge in [-0.1, -0.05) is 25.7 Å². The molecule has 0 aliphatic rings. The van der Waals surface area contributed by atoms with E-state index < -0.39 is 0 Å². The quantitative estimate of drug-likeness (QED) is 0.458. The Balaban J connectivity index is 2.95. The van der Waals surface area contributed by atoms with Gasteiger partial charge >= 0.3 is 5.97 Å². The van der Waals surface area contributed by atoms with Crippen LogP contribution in [-0.2, 0) is 9.53 Å². The highest BCUT2D eigenvalue weighted by Gasteiger charge is 1.98. The third kappa shape index (κ3) is 9.52. The molecule has 0 bridgehead atoms. The summed E-state index contributed by atoms with van der Waals surface area (Å²) < 4.78 is 4.56. The van der Waals surface area contributed by atoms with E-state index in [1.807, 2.05) is 7.05 Å². The van der Waals surface area contributed by atoms with Crippen LogP contribution in [0.15, 0.2) is 0 Å². The molecule has 0 heterocycles. The second kappa shape index (κ2) is 10.5. The normalized spacial score (nSPS) is 10.1. The highest BCUT2D eigenvalue weighted by Crippen LogP contribution is 2.07. The lowest BCUT2D eigenvalue weighted by atomic mass is 10.1. The summed E-state index contributed by atoms with van der Waals surface area (Å²) in [6.45, 7) is 1.11. The largest absolute Gasteiger partial charge is 0.469 e. The Hall–Kier alpha value is -0.570. The Bertz CT molecular complexity index is 137. The Kier molecular flexibility index (Phi) is 10.1. The fraction of sp³-hybridized carbons (Fsp3) is 0.909. The standard InChI is InChI=1S/C11H23NO2/c1-12-10-8-6-4-3-5-7-9-11(13)14-2/h12H,3-10H2,1-2H3. The third-order valence-electron chi connectivity index (χ3n) is 2.29. The van der Waals surface area contributed by atoms with Crippen LogP contribution in [0.4, 0.5) is 0 Å². The van der Waals surface area contributed by atoms with Crippen LogP contribution in [0.25, 0.3) is 0 Å². The van der Waals surface area contributed by atoms with Gasteiger partial charge in [-0.3, -0.25) is 4.79 Å². The van der Waals surface area contributed by atoms with Gasteiger partial charge in [0.15, 0.2) is 0 Å². The Morgan fingerprint density at radius 2 is 1.64 bits per heavy atom. The maximum absolute atomic E-state index is 10.8. The number of methoxy groups -OCH3 is 1. The summed E-state index contributed by atoms with van der Waals surface area (Å²) in [5.74, 6) is -0.0832. The van der Waals surface area contributed by atoms with Crippen LogP contribution < -0.4 is 5.32 Å². The minimum atomic E-state index is -0.0832. The maximum atomic E-state index is 10.8. The number of ether oxygens (including phenoxy) is 1. The lowest BCUT2D eigenvalue weighted by Crippen LogP contribution is -2.06. The summed E-state index contributed by atoms with van der Waals surface area (Å²) in [6.07, 6.45) is 7.76. The van der Waals surface area contributed by atoms with Crippen LogP contribution in [-0.4, -0.2) is 26.7 Å². The lowest BCUT2D eigenvalue weighted by molar-refractivity contribution is -0.140. The third-order valence-corrected chi connectivity index (χ3v) is 2.29. The van der Waals surface area contributed by atoms with Gasteiger partial charge in [-0.2, -0.15) is 0 Å². The van der Waals surface area contributed by atoms with Crippen molar-refractivity contribution in [2.24, 2.45) is 0 Å². The zero-order valence-corrected chi connectivity index (χ0v) is 9.47. The first-order chi connectivity index (χ1) is 6.81. The molecule has 0 atom stereocenters. The molecule has 0 aromatic rings. The van der Waals surface area contributed by atoms with E-state index in [-0.39, 0.29) is 5.97 Å². The van der Waals surface area contributed by atoms with E-state index in [2.05, 4.69) is 10.1 Å². The topological polar surface area (TPSA) is 38.3 Å². The average Bonchev–Trinajstić information content (AvgIpc) is 2.21. The van der Waals surface area contributed by atoms with Crippen molar-refractivity contribution in [3.8, 4) is 0 Å². The summed E-state index contributed by atoms with van der Waals surface area (Å²) in [5.41, 5.74) is 0. The second-order valence-electron chi connectivity index (χ2n) is 3.55. The monoisotopic (exact) mass is 201 g/mol. The summed E-state index contributed by atoms with van der Waals surface area (Å²) in [5, 5.41) is 3.13. The van der Waals surface area contributed by atoms with Gasteiger partial charge in [0.2, 0.25) is 0 Å². The van der Waals surface area contributed by atoms with Crippen molar-refractivity contribution in [1.82, 2.24) is 5.32 Å². The Labute approximate surface area is 87.2 Å². The van der Waals surface area contributed by atoms with Gasteiger partial charge in [0, 0.05) is 6.42 Å². The van der Waals surface area contributed by atoms with Crippen molar-refractivity contribution in [1.29, 1.82) is 0 Å². The fourth-order valence-corrected chi connectivity index (χ4v) is 1.38. The van der Waals surface area contributed by atoms with E-state index >= 15 is 0 Å². The van der Waals surface area contributed by atoms with Gasteiger partial charge in [0.25, 0.3) is 0 Å². The van der Waals surface area contributed by atoms with Gasteiger partial charge in [0.1, 0.15) is 0 Å². The zero-order chi connectivity index (χ0) is 10.6. The predicted molar refractivity (Wildman–Crippen MR) is 58.3 cm³/mol. The van der Waals surface area contributed by atoms with E-state index in [0.717, 1.165) is 19.4 Å². The van der Waals surface area contributed by atoms with E-state index in [1.165, 1.54) is 32.8 Å². The molecule has 84 valence electrons. The van der Waals surface area contributed by atoms with Gasteiger partial charge in [0.05, 0.1) is 7.11 Å². The lowest BCUT2D eigenvalue weighted by Gasteiger charge is -2.01. The number of unbranched alkanes of at least 4 members (excludes halogenated alkanes) is 5. The molecular formula is C11H23NO2. The first kappa shape index (κ1) is 13.4. The summed E-state index contributed by atoms with van der Waals surface area (Å²) in [4.78, 5) is 10.8. The maximum Gasteiger partial charge on any atom is 0.305 e. The molecule has 3 nitrogen and oxygen atoms in total. The molecule has 0 amide bonds. The SMILES string of the molecule is CNCCCCCCCCC(=O)OC. The van der Waals surface area contributed by atoms with Crippen molar-refractivity contribution in [2.45, 2.75) is 44.9 Å². The van der Waals surface area contributed by atoms with Crippen LogP contribution >= 0.6 is 0 Å². The average molecular weight is 201 g/mol. The molecule has 0 fully saturated rings. The number of nitrogens with one attached hydrogen (secondary N) is 1. The smallest absolute Gasteiger partial charge is 0.305 e. The Morgan fingerprint density at radius 3 is 2.21 bits per heavy atom. The van der Waals surface area contributed by atoms with Crippen molar-refractivity contribution < 1.29 is 9.53 Å². The zero-order valence-electron chi connectivity index (χ0n) is 9.47. The van der Waals surface area contributed by atoms with Crippen molar-refractivity contribution in [2.75, 3.05) is 20.7 Å². The number of carbonyl (C=O) groups excluding carboxylic acids is 1. The van der Waals surface area contributed by atoms with Crippen LogP contribution in [0.2, 0.25) is 0 Å². The van der Waals surface area contributed by atoms with Crippen molar-refractivity contribution in [3.63, 3.8) is 0 Å². The van der Waals surface area contributed by atoms with Crippen LogP contribution in [0.3, 0.4) is 0 Å². The molecule has 0 aromatic heterocycles. The van der Waals surface area contributed by atoms with Crippen LogP contribution in [0.1, 0.15) is 44.9 Å². The molecule has 0 spiro atoms. The number of rotatable bonds is 9. The van der Waals surface area contributed by atoms with Crippen molar-refractivity contribution in [3.05, 3.63) is 0 Å². The molecule has 14 heavy (non-hydrogen) atoms. The van der Waals surface area contributed by atoms with Crippen molar-refractivity contribution >= 4 is 5.97 Å². The van der Waals surface area contributed by atoms with Crippen LogP contribution in [0, 0.1) is 0 Å². The molecule has 0 aromatic carbocycles. The van der Waals surface area contributed by atoms with Crippen LogP contribution in [0.5, 0.6) is 0 Å².